The highest BCUT2D eigenvalue weighted by Crippen LogP contribution is 2.47. The van der Waals surface area contributed by atoms with Crippen LogP contribution < -0.4 is 0 Å². The Labute approximate surface area is 96.8 Å². The van der Waals surface area contributed by atoms with Crippen LogP contribution in [0, 0.1) is 28.6 Å². The Kier molecular flexibility index (Phi) is 5.43. The molecule has 0 N–H and O–H groups in total. The lowest BCUT2D eigenvalue weighted by molar-refractivity contribution is 0.0754. The Morgan fingerprint density at radius 3 is 1.40 bits per heavy atom. The molecule has 0 heterocycles. The molecule has 1 fully saturated rings. The Morgan fingerprint density at radius 1 is 0.867 bits per heavy atom. The van der Waals surface area contributed by atoms with Crippen molar-refractivity contribution < 1.29 is 0 Å². The van der Waals surface area contributed by atoms with Crippen molar-refractivity contribution in [1.29, 1.82) is 0 Å². The van der Waals surface area contributed by atoms with Gasteiger partial charge in [0, 0.05) is 0 Å². The maximum absolute atomic E-state index is 2.68. The Balaban J connectivity index is 0.000000423. The van der Waals surface area contributed by atoms with E-state index in [1.54, 1.807) is 0 Å². The molecule has 1 aliphatic rings. The summed E-state index contributed by atoms with van der Waals surface area (Å²) in [6.45, 7) is 15.7. The van der Waals surface area contributed by atoms with Gasteiger partial charge < -0.3 is 0 Å². The molecule has 15 heavy (non-hydrogen) atoms. The van der Waals surface area contributed by atoms with Gasteiger partial charge in [-0.2, -0.15) is 0 Å². The van der Waals surface area contributed by atoms with E-state index in [0.717, 1.165) is 5.92 Å². The van der Waals surface area contributed by atoms with Crippen LogP contribution in [0.4, 0.5) is 0 Å². The van der Waals surface area contributed by atoms with Gasteiger partial charge in [0.15, 0.2) is 0 Å². The van der Waals surface area contributed by atoms with E-state index in [2.05, 4.69) is 46.5 Å². The van der Waals surface area contributed by atoms with Crippen molar-refractivity contribution in [2.75, 3.05) is 0 Å². The summed E-state index contributed by atoms with van der Waals surface area (Å²) in [5.74, 6) is 6.29. The van der Waals surface area contributed by atoms with Crippen LogP contribution in [0.1, 0.15) is 67.7 Å². The van der Waals surface area contributed by atoms with E-state index in [9.17, 15) is 0 Å². The van der Waals surface area contributed by atoms with E-state index in [0.29, 0.717) is 10.8 Å². The molecule has 0 saturated heterocycles. The molecule has 0 bridgehead atoms. The van der Waals surface area contributed by atoms with Crippen molar-refractivity contribution in [2.24, 2.45) is 16.7 Å². The van der Waals surface area contributed by atoms with Crippen LogP contribution in [-0.2, 0) is 0 Å². The zero-order valence-electron chi connectivity index (χ0n) is 11.7. The highest BCUT2D eigenvalue weighted by molar-refractivity contribution is 4.89. The summed E-state index contributed by atoms with van der Waals surface area (Å²) in [6, 6.07) is 0. The predicted molar refractivity (Wildman–Crippen MR) is 69.7 cm³/mol. The molecule has 0 aromatic carbocycles. The summed E-state index contributed by atoms with van der Waals surface area (Å²) < 4.78 is 0. The largest absolute Gasteiger partial charge is 0.107 e. The Morgan fingerprint density at radius 2 is 1.20 bits per heavy atom. The maximum Gasteiger partial charge on any atom is -0.00271 e. The van der Waals surface area contributed by atoms with Gasteiger partial charge in [-0.25, -0.2) is 0 Å². The topological polar surface area (TPSA) is 0 Å². The highest BCUT2D eigenvalue weighted by Gasteiger charge is 2.36. The van der Waals surface area contributed by atoms with E-state index < -0.39 is 0 Å². The van der Waals surface area contributed by atoms with Gasteiger partial charge >= 0.3 is 0 Å². The van der Waals surface area contributed by atoms with Gasteiger partial charge in [0.05, 0.1) is 0 Å². The van der Waals surface area contributed by atoms with Gasteiger partial charge in [-0.3, -0.25) is 0 Å². The average molecular weight is 208 g/mol. The van der Waals surface area contributed by atoms with Gasteiger partial charge in [-0.05, 0) is 49.9 Å². The molecule has 0 aliphatic heterocycles. The molecule has 0 aromatic rings. The first-order valence-corrected chi connectivity index (χ1v) is 6.06. The van der Waals surface area contributed by atoms with Crippen molar-refractivity contribution in [3.05, 3.63) is 0 Å². The van der Waals surface area contributed by atoms with Crippen LogP contribution in [-0.4, -0.2) is 0 Å². The maximum atomic E-state index is 2.68. The third-order valence-corrected chi connectivity index (χ3v) is 3.01. The second kappa shape index (κ2) is 5.59. The molecule has 1 rings (SSSR count). The van der Waals surface area contributed by atoms with Gasteiger partial charge in [0.1, 0.15) is 0 Å². The average Bonchev–Trinajstić information content (AvgIpc) is 1.97. The molecule has 88 valence electrons. The van der Waals surface area contributed by atoms with Crippen molar-refractivity contribution in [3.63, 3.8) is 0 Å². The zero-order valence-corrected chi connectivity index (χ0v) is 11.7. The summed E-state index contributed by atoms with van der Waals surface area (Å²) in [6.07, 6.45) is 4.22. The van der Waals surface area contributed by atoms with Crippen molar-refractivity contribution >= 4 is 0 Å². The fraction of sp³-hybridized carbons (Fsp3) is 0.867. The zero-order chi connectivity index (χ0) is 12.1. The third kappa shape index (κ3) is 6.61. The summed E-state index contributed by atoms with van der Waals surface area (Å²) in [5.41, 5.74) is 1.17. The lowest BCUT2D eigenvalue weighted by Gasteiger charge is -2.44. The van der Waals surface area contributed by atoms with Crippen LogP contribution in [0.25, 0.3) is 0 Å². The first-order valence-electron chi connectivity index (χ1n) is 6.06. The lowest BCUT2D eigenvalue weighted by Crippen LogP contribution is -2.32. The number of hydrogen-bond donors (Lipinski definition) is 0. The minimum atomic E-state index is 0.584. The molecular weight excluding hydrogens is 180 g/mol. The van der Waals surface area contributed by atoms with Crippen molar-refractivity contribution in [1.82, 2.24) is 0 Å². The molecule has 0 amide bonds. The summed E-state index contributed by atoms with van der Waals surface area (Å²) in [7, 11) is 0. The van der Waals surface area contributed by atoms with E-state index >= 15 is 0 Å². The molecule has 0 heteroatoms. The Hall–Kier alpha value is -0.440. The first kappa shape index (κ1) is 14.6. The molecule has 0 aromatic heterocycles. The predicted octanol–water partition coefficient (Wildman–Crippen LogP) is 4.89. The first-order chi connectivity index (χ1) is 6.72. The molecule has 0 unspecified atom stereocenters. The highest BCUT2D eigenvalue weighted by atomic mass is 14.4. The van der Waals surface area contributed by atoms with Gasteiger partial charge in [-0.1, -0.05) is 34.6 Å². The fourth-order valence-corrected chi connectivity index (χ4v) is 3.40. The summed E-state index contributed by atoms with van der Waals surface area (Å²) in [5, 5.41) is 0. The Bertz CT molecular complexity index is 212. The molecule has 0 spiro atoms. The summed E-state index contributed by atoms with van der Waals surface area (Å²) in [4.78, 5) is 0. The molecule has 0 nitrogen and oxygen atoms in total. The lowest BCUT2D eigenvalue weighted by atomic mass is 9.62. The van der Waals surface area contributed by atoms with Gasteiger partial charge in [0.25, 0.3) is 0 Å². The normalized spacial score (nSPS) is 23.1. The van der Waals surface area contributed by atoms with Gasteiger partial charge in [-0.15, -0.1) is 11.8 Å². The second-order valence-corrected chi connectivity index (χ2v) is 6.52. The van der Waals surface area contributed by atoms with E-state index in [4.69, 9.17) is 0 Å². The van der Waals surface area contributed by atoms with Crippen molar-refractivity contribution in [3.8, 4) is 11.8 Å². The van der Waals surface area contributed by atoms with E-state index in [1.165, 1.54) is 19.3 Å². The molecule has 0 atom stereocenters. The quantitative estimate of drug-likeness (QED) is 0.497. The van der Waals surface area contributed by atoms with E-state index in [1.807, 2.05) is 13.8 Å². The smallest absolute Gasteiger partial charge is 0.00271 e. The summed E-state index contributed by atoms with van der Waals surface area (Å²) >= 11 is 0. The molecule has 1 aliphatic carbocycles. The number of rotatable bonds is 0. The van der Waals surface area contributed by atoms with Crippen LogP contribution in [0.5, 0.6) is 0 Å². The van der Waals surface area contributed by atoms with Crippen LogP contribution >= 0.6 is 0 Å². The number of hydrogen-bond acceptors (Lipinski definition) is 0. The molecular formula is C15H28. The standard InChI is InChI=1S/C11H22.C4H6/c1-9-6-10(2,3)8-11(4,5)7-9;1-3-4-2/h9H,6-8H2,1-5H3;1-2H3. The van der Waals surface area contributed by atoms with Gasteiger partial charge in [0.2, 0.25) is 0 Å². The fourth-order valence-electron chi connectivity index (χ4n) is 3.40. The minimum absolute atomic E-state index is 0.584. The molecule has 0 radical (unpaired) electrons. The minimum Gasteiger partial charge on any atom is -0.107 e. The van der Waals surface area contributed by atoms with Crippen LogP contribution in [0.3, 0.4) is 0 Å². The van der Waals surface area contributed by atoms with E-state index in [-0.39, 0.29) is 0 Å². The monoisotopic (exact) mass is 208 g/mol. The van der Waals surface area contributed by atoms with Crippen LogP contribution in [0.2, 0.25) is 0 Å². The SMILES string of the molecule is CC#CC.CC1CC(C)(C)CC(C)(C)C1. The second-order valence-electron chi connectivity index (χ2n) is 6.52. The third-order valence-electron chi connectivity index (χ3n) is 3.01. The van der Waals surface area contributed by atoms with Crippen LogP contribution in [0.15, 0.2) is 0 Å². The van der Waals surface area contributed by atoms with Crippen molar-refractivity contribution in [2.45, 2.75) is 67.7 Å². The molecule has 1 saturated carbocycles.